The van der Waals surface area contributed by atoms with E-state index in [1.165, 1.54) is 11.1 Å². The molecule has 0 saturated heterocycles. The Labute approximate surface area is 168 Å². The molecule has 1 amide bonds. The third kappa shape index (κ3) is 5.13. The maximum absolute atomic E-state index is 12.9. The minimum Gasteiger partial charge on any atom is -0.481 e. The van der Waals surface area contributed by atoms with E-state index in [2.05, 4.69) is 55.3 Å². The van der Waals surface area contributed by atoms with Crippen LogP contribution in [0.15, 0.2) is 24.3 Å². The lowest BCUT2D eigenvalue weighted by molar-refractivity contribution is -0.144. The van der Waals surface area contributed by atoms with Crippen molar-refractivity contribution in [2.75, 3.05) is 13.1 Å². The molecule has 5 heteroatoms. The lowest BCUT2D eigenvalue weighted by Gasteiger charge is -2.39. The van der Waals surface area contributed by atoms with E-state index < -0.39 is 5.97 Å². The molecule has 5 nitrogen and oxygen atoms in total. The summed E-state index contributed by atoms with van der Waals surface area (Å²) in [6.45, 7) is 9.32. The number of carbonyl (C=O) groups excluding carboxylic acids is 1. The first kappa shape index (κ1) is 20.8. The third-order valence-corrected chi connectivity index (χ3v) is 6.46. The van der Waals surface area contributed by atoms with Crippen molar-refractivity contribution >= 4 is 11.9 Å². The Balaban J connectivity index is 1.59. The number of nitrogens with zero attached hydrogens (tertiary/aromatic N) is 1. The minimum atomic E-state index is -0.725. The SMILES string of the molecule is CC(C)(C)C(CN1CCc2ccccc2C1)NC(=O)C1CCC(C(=O)O)CC1. The van der Waals surface area contributed by atoms with Crippen LogP contribution in [0.2, 0.25) is 0 Å². The van der Waals surface area contributed by atoms with Gasteiger partial charge in [-0.15, -0.1) is 0 Å². The van der Waals surface area contributed by atoms with Crippen LogP contribution < -0.4 is 5.32 Å². The van der Waals surface area contributed by atoms with Crippen molar-refractivity contribution in [3.05, 3.63) is 35.4 Å². The first-order valence-electron chi connectivity index (χ1n) is 10.6. The van der Waals surface area contributed by atoms with E-state index in [-0.39, 0.29) is 29.2 Å². The van der Waals surface area contributed by atoms with Crippen molar-refractivity contribution < 1.29 is 14.7 Å². The van der Waals surface area contributed by atoms with Crippen LogP contribution >= 0.6 is 0 Å². The van der Waals surface area contributed by atoms with Crippen LogP contribution in [0.5, 0.6) is 0 Å². The Morgan fingerprint density at radius 3 is 2.32 bits per heavy atom. The van der Waals surface area contributed by atoms with E-state index in [1.807, 2.05) is 0 Å². The summed E-state index contributed by atoms with van der Waals surface area (Å²) in [7, 11) is 0. The maximum Gasteiger partial charge on any atom is 0.306 e. The van der Waals surface area contributed by atoms with Gasteiger partial charge < -0.3 is 10.4 Å². The smallest absolute Gasteiger partial charge is 0.306 e. The highest BCUT2D eigenvalue weighted by Crippen LogP contribution is 2.30. The average Bonchev–Trinajstić information content (AvgIpc) is 2.66. The van der Waals surface area contributed by atoms with Gasteiger partial charge in [-0.1, -0.05) is 45.0 Å². The van der Waals surface area contributed by atoms with Crippen molar-refractivity contribution in [3.8, 4) is 0 Å². The standard InChI is InChI=1S/C23H34N2O3/c1-23(2,3)20(15-25-13-12-16-6-4-5-7-19(16)14-25)24-21(26)17-8-10-18(11-9-17)22(27)28/h4-7,17-18,20H,8-15H2,1-3H3,(H,24,26)(H,27,28). The van der Waals surface area contributed by atoms with Gasteiger partial charge in [-0.05, 0) is 48.6 Å². The molecule has 0 radical (unpaired) electrons. The summed E-state index contributed by atoms with van der Waals surface area (Å²) in [6, 6.07) is 8.68. The predicted molar refractivity (Wildman–Crippen MR) is 110 cm³/mol. The van der Waals surface area contributed by atoms with Gasteiger partial charge in [0.2, 0.25) is 5.91 Å². The number of carboxylic acids is 1. The molecule has 1 saturated carbocycles. The van der Waals surface area contributed by atoms with Crippen LogP contribution in [0.1, 0.15) is 57.6 Å². The highest BCUT2D eigenvalue weighted by atomic mass is 16.4. The number of carbonyl (C=O) groups is 2. The Bertz CT molecular complexity index is 702. The van der Waals surface area contributed by atoms with Gasteiger partial charge in [0.25, 0.3) is 0 Å². The Kier molecular flexibility index (Phi) is 6.43. The molecule has 0 spiro atoms. The van der Waals surface area contributed by atoms with Gasteiger partial charge in [0, 0.05) is 31.6 Å². The van der Waals surface area contributed by atoms with Gasteiger partial charge in [-0.2, -0.15) is 0 Å². The average molecular weight is 387 g/mol. The molecule has 28 heavy (non-hydrogen) atoms. The number of nitrogens with one attached hydrogen (secondary N) is 1. The van der Waals surface area contributed by atoms with Crippen molar-refractivity contribution in [1.29, 1.82) is 0 Å². The fourth-order valence-corrected chi connectivity index (χ4v) is 4.40. The summed E-state index contributed by atoms with van der Waals surface area (Å²) in [5, 5.41) is 12.5. The van der Waals surface area contributed by atoms with Crippen LogP contribution in [0, 0.1) is 17.3 Å². The van der Waals surface area contributed by atoms with E-state index in [4.69, 9.17) is 5.11 Å². The van der Waals surface area contributed by atoms with E-state index >= 15 is 0 Å². The number of fused-ring (bicyclic) bond motifs is 1. The van der Waals surface area contributed by atoms with E-state index in [9.17, 15) is 9.59 Å². The van der Waals surface area contributed by atoms with E-state index in [1.54, 1.807) is 0 Å². The van der Waals surface area contributed by atoms with Gasteiger partial charge in [-0.25, -0.2) is 0 Å². The minimum absolute atomic E-state index is 0.0368. The molecular formula is C23H34N2O3. The molecule has 1 heterocycles. The van der Waals surface area contributed by atoms with Crippen molar-refractivity contribution in [3.63, 3.8) is 0 Å². The number of benzene rings is 1. The number of carboxylic acid groups (broad SMARTS) is 1. The quantitative estimate of drug-likeness (QED) is 0.813. The van der Waals surface area contributed by atoms with Crippen LogP contribution in [-0.2, 0) is 22.6 Å². The monoisotopic (exact) mass is 386 g/mol. The van der Waals surface area contributed by atoms with Gasteiger partial charge >= 0.3 is 5.97 Å². The highest BCUT2D eigenvalue weighted by molar-refractivity contribution is 5.79. The number of amides is 1. The summed E-state index contributed by atoms with van der Waals surface area (Å²) in [5.41, 5.74) is 2.79. The molecule has 1 fully saturated rings. The van der Waals surface area contributed by atoms with Gasteiger partial charge in [0.05, 0.1) is 5.92 Å². The summed E-state index contributed by atoms with van der Waals surface area (Å²) in [6.07, 6.45) is 3.63. The second kappa shape index (κ2) is 8.64. The zero-order valence-corrected chi connectivity index (χ0v) is 17.4. The second-order valence-corrected chi connectivity index (χ2v) is 9.57. The summed E-state index contributed by atoms with van der Waals surface area (Å²) in [4.78, 5) is 26.5. The van der Waals surface area contributed by atoms with Gasteiger partial charge in [0.15, 0.2) is 0 Å². The zero-order chi connectivity index (χ0) is 20.3. The first-order valence-corrected chi connectivity index (χ1v) is 10.6. The van der Waals surface area contributed by atoms with Crippen LogP contribution in [-0.4, -0.2) is 41.0 Å². The predicted octanol–water partition coefficient (Wildman–Crippen LogP) is 3.47. The number of aliphatic carboxylic acids is 1. The molecule has 2 N–H and O–H groups in total. The molecule has 3 rings (SSSR count). The molecule has 1 aliphatic heterocycles. The molecular weight excluding hydrogens is 352 g/mol. The largest absolute Gasteiger partial charge is 0.481 e. The molecule has 0 bridgehead atoms. The Hall–Kier alpha value is -1.88. The lowest BCUT2D eigenvalue weighted by Crippen LogP contribution is -2.53. The number of rotatable bonds is 5. The lowest BCUT2D eigenvalue weighted by atomic mass is 9.80. The molecule has 1 aromatic rings. The summed E-state index contributed by atoms with van der Waals surface area (Å²) in [5.74, 6) is -0.962. The van der Waals surface area contributed by atoms with Crippen LogP contribution in [0.4, 0.5) is 0 Å². The molecule has 1 unspecified atom stereocenters. The van der Waals surface area contributed by atoms with E-state index in [0.29, 0.717) is 25.7 Å². The third-order valence-electron chi connectivity index (χ3n) is 6.46. The van der Waals surface area contributed by atoms with Gasteiger partial charge in [0.1, 0.15) is 0 Å². The van der Waals surface area contributed by atoms with E-state index in [0.717, 1.165) is 26.1 Å². The molecule has 1 atom stereocenters. The van der Waals surface area contributed by atoms with Crippen LogP contribution in [0.25, 0.3) is 0 Å². The fourth-order valence-electron chi connectivity index (χ4n) is 4.40. The van der Waals surface area contributed by atoms with Crippen molar-refractivity contribution in [2.45, 2.75) is 65.5 Å². The second-order valence-electron chi connectivity index (χ2n) is 9.57. The van der Waals surface area contributed by atoms with Crippen LogP contribution in [0.3, 0.4) is 0 Å². The number of hydrogen-bond donors (Lipinski definition) is 2. The topological polar surface area (TPSA) is 69.6 Å². The normalized spacial score (nSPS) is 24.2. The zero-order valence-electron chi connectivity index (χ0n) is 17.4. The Morgan fingerprint density at radius 1 is 1.11 bits per heavy atom. The molecule has 1 aromatic carbocycles. The van der Waals surface area contributed by atoms with Gasteiger partial charge in [-0.3, -0.25) is 14.5 Å². The molecule has 2 aliphatic rings. The highest BCUT2D eigenvalue weighted by Gasteiger charge is 2.34. The molecule has 0 aromatic heterocycles. The molecule has 1 aliphatic carbocycles. The summed E-state index contributed by atoms with van der Waals surface area (Å²) < 4.78 is 0. The van der Waals surface area contributed by atoms with Crippen molar-refractivity contribution in [1.82, 2.24) is 10.2 Å². The number of hydrogen-bond acceptors (Lipinski definition) is 3. The first-order chi connectivity index (χ1) is 13.2. The Morgan fingerprint density at radius 2 is 1.71 bits per heavy atom. The summed E-state index contributed by atoms with van der Waals surface area (Å²) >= 11 is 0. The van der Waals surface area contributed by atoms with Crippen molar-refractivity contribution in [2.24, 2.45) is 17.3 Å². The molecule has 154 valence electrons. The fraction of sp³-hybridized carbons (Fsp3) is 0.652. The maximum atomic E-state index is 12.9.